The highest BCUT2D eigenvalue weighted by atomic mass is 31.2. The molecule has 0 saturated heterocycles. The standard InChI is InChI=1S/C67H123N2O7P/c1-7-10-13-16-19-22-25-28-30-32-34-36-38-41-44-47-50-53-56-59-66(70)68-64(63-75-77(72,73)74-62-61-69(4,5)6)65(58-55-52-49-46-43-40-27-24-21-18-15-12-9-3)76-67(71)60-57-54-51-48-45-42-39-37-35-33-31-29-26-23-20-17-14-11-8-2/h19-20,22-23,28-31,35,37,55,58,64-65H,7-18,21,24-27,32-34,36,38-54,56-57,59-63H2,1-6H3,(H-,68,70,72,73)/p+1/b22-19-,23-20-,30-28-,31-29-,37-35-,58-55+. The zero-order valence-corrected chi connectivity index (χ0v) is 52.1. The van der Waals surface area contributed by atoms with Gasteiger partial charge in [0.2, 0.25) is 5.91 Å². The fourth-order valence-corrected chi connectivity index (χ4v) is 9.83. The molecule has 77 heavy (non-hydrogen) atoms. The van der Waals surface area contributed by atoms with Crippen LogP contribution in [0, 0.1) is 0 Å². The van der Waals surface area contributed by atoms with Gasteiger partial charge in [0, 0.05) is 12.8 Å². The molecule has 1 amide bonds. The van der Waals surface area contributed by atoms with Gasteiger partial charge in [-0.2, -0.15) is 0 Å². The third kappa shape index (κ3) is 57.9. The summed E-state index contributed by atoms with van der Waals surface area (Å²) in [6.07, 6.45) is 73.2. The number of rotatable bonds is 58. The van der Waals surface area contributed by atoms with Crippen LogP contribution in [0.2, 0.25) is 0 Å². The highest BCUT2D eigenvalue weighted by Crippen LogP contribution is 2.43. The molecule has 0 aliphatic carbocycles. The molecule has 448 valence electrons. The molecule has 0 radical (unpaired) electrons. The summed E-state index contributed by atoms with van der Waals surface area (Å²) in [7, 11) is 1.48. The lowest BCUT2D eigenvalue weighted by Gasteiger charge is -2.27. The Kier molecular flexibility index (Phi) is 54.8. The van der Waals surface area contributed by atoms with Gasteiger partial charge in [-0.15, -0.1) is 0 Å². The lowest BCUT2D eigenvalue weighted by Crippen LogP contribution is -2.47. The summed E-state index contributed by atoms with van der Waals surface area (Å²) in [4.78, 5) is 37.8. The molecule has 3 unspecified atom stereocenters. The Bertz CT molecular complexity index is 1550. The lowest BCUT2D eigenvalue weighted by atomic mass is 10.0. The van der Waals surface area contributed by atoms with Crippen molar-refractivity contribution in [2.24, 2.45) is 0 Å². The highest BCUT2D eigenvalue weighted by molar-refractivity contribution is 7.47. The Morgan fingerprint density at radius 1 is 0.455 bits per heavy atom. The van der Waals surface area contributed by atoms with Crippen LogP contribution < -0.4 is 5.32 Å². The van der Waals surface area contributed by atoms with E-state index in [9.17, 15) is 19.0 Å². The normalized spacial score (nSPS) is 14.1. The van der Waals surface area contributed by atoms with Crippen molar-refractivity contribution in [3.05, 3.63) is 72.9 Å². The zero-order valence-electron chi connectivity index (χ0n) is 51.2. The minimum Gasteiger partial charge on any atom is -0.456 e. The summed E-state index contributed by atoms with van der Waals surface area (Å²) in [5.41, 5.74) is 0. The van der Waals surface area contributed by atoms with Gasteiger partial charge >= 0.3 is 13.8 Å². The number of unbranched alkanes of at least 4 members (excludes halogenated alkanes) is 32. The molecule has 9 nitrogen and oxygen atoms in total. The van der Waals surface area contributed by atoms with Gasteiger partial charge in [-0.25, -0.2) is 4.57 Å². The maximum absolute atomic E-state index is 13.6. The van der Waals surface area contributed by atoms with Crippen LogP contribution in [0.1, 0.15) is 290 Å². The summed E-state index contributed by atoms with van der Waals surface area (Å²) in [5.74, 6) is -0.520. The van der Waals surface area contributed by atoms with Crippen LogP contribution in [0.5, 0.6) is 0 Å². The summed E-state index contributed by atoms with van der Waals surface area (Å²) >= 11 is 0. The van der Waals surface area contributed by atoms with E-state index in [0.717, 1.165) is 103 Å². The summed E-state index contributed by atoms with van der Waals surface area (Å²) < 4.78 is 30.7. The Labute approximate surface area is 476 Å². The summed E-state index contributed by atoms with van der Waals surface area (Å²) in [5, 5.41) is 3.06. The molecule has 0 heterocycles. The van der Waals surface area contributed by atoms with E-state index in [1.54, 1.807) is 0 Å². The minimum atomic E-state index is -4.46. The molecule has 0 aromatic carbocycles. The van der Waals surface area contributed by atoms with Crippen LogP contribution in [0.25, 0.3) is 0 Å². The first-order chi connectivity index (χ1) is 37.4. The van der Waals surface area contributed by atoms with E-state index >= 15 is 0 Å². The molecule has 2 N–H and O–H groups in total. The minimum absolute atomic E-state index is 0.0351. The van der Waals surface area contributed by atoms with Crippen LogP contribution in [-0.2, 0) is 27.9 Å². The van der Waals surface area contributed by atoms with Crippen molar-refractivity contribution in [2.45, 2.75) is 303 Å². The monoisotopic (exact) mass is 1100 g/mol. The highest BCUT2D eigenvalue weighted by Gasteiger charge is 2.30. The molecule has 0 aliphatic heterocycles. The molecule has 0 bridgehead atoms. The second kappa shape index (κ2) is 56.7. The zero-order chi connectivity index (χ0) is 56.4. The number of carbonyl (C=O) groups is 2. The van der Waals surface area contributed by atoms with E-state index in [-0.39, 0.29) is 31.5 Å². The van der Waals surface area contributed by atoms with Gasteiger partial charge in [0.15, 0.2) is 0 Å². The van der Waals surface area contributed by atoms with E-state index in [0.29, 0.717) is 17.4 Å². The number of allylic oxidation sites excluding steroid dienone is 11. The lowest BCUT2D eigenvalue weighted by molar-refractivity contribution is -0.870. The number of nitrogens with zero attached hydrogens (tertiary/aromatic N) is 1. The number of likely N-dealkylation sites (N-methyl/N-ethyl adjacent to an activating group) is 1. The molecule has 10 heteroatoms. The van der Waals surface area contributed by atoms with Crippen LogP contribution in [0.4, 0.5) is 0 Å². The Hall–Kier alpha value is -2.55. The number of ether oxygens (including phenoxy) is 1. The summed E-state index contributed by atoms with van der Waals surface area (Å²) in [6.45, 7) is 6.97. The first-order valence-electron chi connectivity index (χ1n) is 32.3. The molecule has 0 rings (SSSR count). The van der Waals surface area contributed by atoms with Gasteiger partial charge in [0.05, 0.1) is 33.8 Å². The average molecular weight is 1100 g/mol. The number of hydrogen-bond acceptors (Lipinski definition) is 6. The molecule has 0 aromatic rings. The van der Waals surface area contributed by atoms with E-state index in [1.165, 1.54) is 154 Å². The molecule has 3 atom stereocenters. The van der Waals surface area contributed by atoms with Crippen molar-refractivity contribution in [3.63, 3.8) is 0 Å². The number of esters is 1. The van der Waals surface area contributed by atoms with Gasteiger partial charge in [-0.1, -0.05) is 248 Å². The Balaban J connectivity index is 5.28. The smallest absolute Gasteiger partial charge is 0.456 e. The fraction of sp³-hybridized carbons (Fsp3) is 0.791. The summed E-state index contributed by atoms with van der Waals surface area (Å²) in [6, 6.07) is -0.859. The Morgan fingerprint density at radius 3 is 1.21 bits per heavy atom. The average Bonchev–Trinajstić information content (AvgIpc) is 3.39. The largest absolute Gasteiger partial charge is 0.472 e. The second-order valence-corrected chi connectivity index (χ2v) is 24.4. The van der Waals surface area contributed by atoms with Gasteiger partial charge < -0.3 is 19.4 Å². The topological polar surface area (TPSA) is 111 Å². The van der Waals surface area contributed by atoms with Crippen LogP contribution in [0.15, 0.2) is 72.9 Å². The first-order valence-corrected chi connectivity index (χ1v) is 33.8. The third-order valence-corrected chi connectivity index (χ3v) is 15.1. The number of nitrogens with one attached hydrogen (secondary N) is 1. The molecular formula is C67H124N2O7P+. The van der Waals surface area contributed by atoms with Crippen LogP contribution in [0.3, 0.4) is 0 Å². The van der Waals surface area contributed by atoms with Gasteiger partial charge in [-0.05, 0) is 102 Å². The van der Waals surface area contributed by atoms with Crippen molar-refractivity contribution in [1.29, 1.82) is 0 Å². The SMILES string of the molecule is CCCCC/C=C\C/C=C\C/C=C\CCCCCCCCC(=O)OC(/C=C/CCCCCCCCCCCCC)C(COP(=O)(O)OCC[N+](C)(C)C)NC(=O)CCCCCCCCCCC/C=C\C/C=C\CCCCC. The molecule has 0 spiro atoms. The number of phosphoric acid groups is 1. The number of hydrogen-bond donors (Lipinski definition) is 2. The second-order valence-electron chi connectivity index (χ2n) is 22.9. The van der Waals surface area contributed by atoms with E-state index in [2.05, 4.69) is 86.8 Å². The molecule has 0 saturated carbocycles. The van der Waals surface area contributed by atoms with Crippen molar-refractivity contribution in [1.82, 2.24) is 5.32 Å². The molecule has 0 aliphatic rings. The van der Waals surface area contributed by atoms with Gasteiger partial charge in [0.1, 0.15) is 19.3 Å². The third-order valence-electron chi connectivity index (χ3n) is 14.1. The van der Waals surface area contributed by atoms with E-state index < -0.39 is 20.0 Å². The Morgan fingerprint density at radius 2 is 0.792 bits per heavy atom. The number of carbonyl (C=O) groups excluding carboxylic acids is 2. The van der Waals surface area contributed by atoms with E-state index in [4.69, 9.17) is 13.8 Å². The van der Waals surface area contributed by atoms with Crippen molar-refractivity contribution >= 4 is 19.7 Å². The van der Waals surface area contributed by atoms with E-state index in [1.807, 2.05) is 33.3 Å². The maximum Gasteiger partial charge on any atom is 0.472 e. The van der Waals surface area contributed by atoms with Gasteiger partial charge in [0.25, 0.3) is 0 Å². The molecule has 0 fully saturated rings. The van der Waals surface area contributed by atoms with Crippen molar-refractivity contribution in [3.8, 4) is 0 Å². The van der Waals surface area contributed by atoms with Gasteiger partial charge in [-0.3, -0.25) is 18.6 Å². The van der Waals surface area contributed by atoms with Crippen molar-refractivity contribution in [2.75, 3.05) is 40.9 Å². The van der Waals surface area contributed by atoms with Crippen LogP contribution in [-0.4, -0.2) is 74.3 Å². The quantitative estimate of drug-likeness (QED) is 0.0205. The fourth-order valence-electron chi connectivity index (χ4n) is 9.10. The van der Waals surface area contributed by atoms with Crippen molar-refractivity contribution < 1.29 is 37.3 Å². The predicted octanol–water partition coefficient (Wildman–Crippen LogP) is 20.0. The molecular weight excluding hydrogens is 976 g/mol. The first kappa shape index (κ1) is 74.5. The number of phosphoric ester groups is 1. The van der Waals surface area contributed by atoms with Crippen LogP contribution >= 0.6 is 7.82 Å². The molecule has 0 aromatic heterocycles. The maximum atomic E-state index is 13.6. The number of quaternary nitrogens is 1. The predicted molar refractivity (Wildman–Crippen MR) is 332 cm³/mol. The number of amides is 1.